The molecule has 0 aliphatic carbocycles. The minimum absolute atomic E-state index is 0.145. The summed E-state index contributed by atoms with van der Waals surface area (Å²) in [5, 5.41) is 12.0. The van der Waals surface area contributed by atoms with Crippen molar-refractivity contribution >= 4 is 11.7 Å². The van der Waals surface area contributed by atoms with E-state index in [1.54, 1.807) is 42.5 Å². The fourth-order valence-electron chi connectivity index (χ4n) is 1.75. The number of carbonyl (C=O) groups excluding carboxylic acids is 1. The SMILES string of the molecule is CCOc1cccc(NC(=O)Cc2cccc(O)c2)n1. The van der Waals surface area contributed by atoms with Gasteiger partial charge in [0.25, 0.3) is 0 Å². The van der Waals surface area contributed by atoms with Crippen LogP contribution in [-0.4, -0.2) is 22.6 Å². The number of benzene rings is 1. The minimum atomic E-state index is -0.197. The number of hydrogen-bond acceptors (Lipinski definition) is 4. The van der Waals surface area contributed by atoms with Gasteiger partial charge in [-0.25, -0.2) is 0 Å². The zero-order valence-corrected chi connectivity index (χ0v) is 11.2. The first-order valence-electron chi connectivity index (χ1n) is 6.35. The first-order chi connectivity index (χ1) is 9.67. The number of aromatic nitrogens is 1. The van der Waals surface area contributed by atoms with Crippen LogP contribution < -0.4 is 10.1 Å². The van der Waals surface area contributed by atoms with Crippen molar-refractivity contribution in [3.8, 4) is 11.6 Å². The van der Waals surface area contributed by atoms with E-state index in [9.17, 15) is 9.90 Å². The van der Waals surface area contributed by atoms with Crippen LogP contribution in [0, 0.1) is 0 Å². The minimum Gasteiger partial charge on any atom is -0.508 e. The summed E-state index contributed by atoms with van der Waals surface area (Å²) < 4.78 is 5.27. The normalized spacial score (nSPS) is 10.1. The van der Waals surface area contributed by atoms with Crippen LogP contribution in [0.15, 0.2) is 42.5 Å². The van der Waals surface area contributed by atoms with E-state index >= 15 is 0 Å². The van der Waals surface area contributed by atoms with Crippen molar-refractivity contribution in [2.75, 3.05) is 11.9 Å². The Bertz CT molecular complexity index is 599. The van der Waals surface area contributed by atoms with Gasteiger partial charge in [0.1, 0.15) is 11.6 Å². The van der Waals surface area contributed by atoms with Crippen molar-refractivity contribution in [3.05, 3.63) is 48.0 Å². The van der Waals surface area contributed by atoms with E-state index in [0.717, 1.165) is 5.56 Å². The number of phenols is 1. The number of aromatic hydroxyl groups is 1. The van der Waals surface area contributed by atoms with Crippen LogP contribution in [0.3, 0.4) is 0 Å². The van der Waals surface area contributed by atoms with E-state index in [2.05, 4.69) is 10.3 Å². The summed E-state index contributed by atoms with van der Waals surface area (Å²) in [7, 11) is 0. The standard InChI is InChI=1S/C15H16N2O3/c1-2-20-15-8-4-7-13(17-15)16-14(19)10-11-5-3-6-12(18)9-11/h3-9,18H,2,10H2,1H3,(H,16,17,19). The Morgan fingerprint density at radius 2 is 2.10 bits per heavy atom. The number of nitrogens with one attached hydrogen (secondary N) is 1. The van der Waals surface area contributed by atoms with Crippen molar-refractivity contribution in [3.63, 3.8) is 0 Å². The lowest BCUT2D eigenvalue weighted by molar-refractivity contribution is -0.115. The molecule has 0 atom stereocenters. The maximum atomic E-state index is 11.9. The summed E-state index contributed by atoms with van der Waals surface area (Å²) in [6.45, 7) is 2.39. The molecule has 0 spiro atoms. The van der Waals surface area contributed by atoms with E-state index < -0.39 is 0 Å². The van der Waals surface area contributed by atoms with Gasteiger partial charge >= 0.3 is 0 Å². The van der Waals surface area contributed by atoms with E-state index in [4.69, 9.17) is 4.74 Å². The second-order valence-corrected chi connectivity index (χ2v) is 4.19. The van der Waals surface area contributed by atoms with E-state index in [1.807, 2.05) is 6.92 Å². The Morgan fingerprint density at radius 3 is 2.85 bits per heavy atom. The van der Waals surface area contributed by atoms with Crippen molar-refractivity contribution < 1.29 is 14.6 Å². The van der Waals surface area contributed by atoms with Gasteiger partial charge in [-0.15, -0.1) is 0 Å². The lowest BCUT2D eigenvalue weighted by Crippen LogP contribution is -2.15. The Balaban J connectivity index is 1.99. The molecule has 1 aromatic heterocycles. The highest BCUT2D eigenvalue weighted by Crippen LogP contribution is 2.14. The second kappa shape index (κ2) is 6.56. The summed E-state index contributed by atoms with van der Waals surface area (Å²) in [5.41, 5.74) is 0.739. The third-order valence-electron chi connectivity index (χ3n) is 2.56. The Hall–Kier alpha value is -2.56. The number of pyridine rings is 1. The molecule has 1 heterocycles. The van der Waals surface area contributed by atoms with Crippen molar-refractivity contribution in [1.29, 1.82) is 0 Å². The summed E-state index contributed by atoms with van der Waals surface area (Å²) >= 11 is 0. The molecule has 0 aliphatic rings. The van der Waals surface area contributed by atoms with Crippen molar-refractivity contribution in [1.82, 2.24) is 4.98 Å². The van der Waals surface area contributed by atoms with Gasteiger partial charge in [-0.1, -0.05) is 18.2 Å². The maximum Gasteiger partial charge on any atom is 0.229 e. The van der Waals surface area contributed by atoms with Gasteiger partial charge in [-0.2, -0.15) is 4.98 Å². The molecule has 2 aromatic rings. The molecule has 2 N–H and O–H groups in total. The van der Waals surface area contributed by atoms with Gasteiger partial charge in [0.15, 0.2) is 0 Å². The molecule has 2 rings (SSSR count). The van der Waals surface area contributed by atoms with Gasteiger partial charge in [-0.3, -0.25) is 4.79 Å². The predicted octanol–water partition coefficient (Wildman–Crippen LogP) is 2.37. The third-order valence-corrected chi connectivity index (χ3v) is 2.56. The van der Waals surface area contributed by atoms with Crippen LogP contribution in [0.2, 0.25) is 0 Å². The molecule has 0 bridgehead atoms. The Kier molecular flexibility index (Phi) is 4.55. The number of nitrogens with zero attached hydrogens (tertiary/aromatic N) is 1. The third kappa shape index (κ3) is 3.98. The number of hydrogen-bond donors (Lipinski definition) is 2. The molecule has 0 aliphatic heterocycles. The number of amides is 1. The van der Waals surface area contributed by atoms with Gasteiger partial charge in [0.05, 0.1) is 13.0 Å². The van der Waals surface area contributed by atoms with Crippen LogP contribution in [0.1, 0.15) is 12.5 Å². The molecule has 5 heteroatoms. The monoisotopic (exact) mass is 272 g/mol. The van der Waals surface area contributed by atoms with Crippen LogP contribution in [0.5, 0.6) is 11.6 Å². The smallest absolute Gasteiger partial charge is 0.229 e. The first kappa shape index (κ1) is 13.9. The summed E-state index contributed by atoms with van der Waals surface area (Å²) in [6, 6.07) is 11.8. The quantitative estimate of drug-likeness (QED) is 0.876. The molecule has 5 nitrogen and oxygen atoms in total. The molecule has 0 radical (unpaired) electrons. The zero-order valence-electron chi connectivity index (χ0n) is 11.2. The van der Waals surface area contributed by atoms with Crippen molar-refractivity contribution in [2.45, 2.75) is 13.3 Å². The van der Waals surface area contributed by atoms with Crippen LogP contribution >= 0.6 is 0 Å². The number of ether oxygens (including phenoxy) is 1. The van der Waals surface area contributed by atoms with Gasteiger partial charge < -0.3 is 15.2 Å². The Morgan fingerprint density at radius 1 is 1.30 bits per heavy atom. The molecular formula is C15H16N2O3. The van der Waals surface area contributed by atoms with E-state index in [-0.39, 0.29) is 18.1 Å². The molecule has 0 fully saturated rings. The number of rotatable bonds is 5. The van der Waals surface area contributed by atoms with Crippen LogP contribution in [0.4, 0.5) is 5.82 Å². The van der Waals surface area contributed by atoms with Gasteiger partial charge in [-0.05, 0) is 30.7 Å². The van der Waals surface area contributed by atoms with Gasteiger partial charge in [0, 0.05) is 6.07 Å². The fourth-order valence-corrected chi connectivity index (χ4v) is 1.75. The molecule has 0 unspecified atom stereocenters. The van der Waals surface area contributed by atoms with Crippen LogP contribution in [0.25, 0.3) is 0 Å². The second-order valence-electron chi connectivity index (χ2n) is 4.19. The average molecular weight is 272 g/mol. The first-order valence-corrected chi connectivity index (χ1v) is 6.35. The summed E-state index contributed by atoms with van der Waals surface area (Å²) in [4.78, 5) is 16.0. The molecule has 0 saturated carbocycles. The lowest BCUT2D eigenvalue weighted by Gasteiger charge is -2.07. The zero-order chi connectivity index (χ0) is 14.4. The molecule has 1 aromatic carbocycles. The summed E-state index contributed by atoms with van der Waals surface area (Å²) in [5.74, 6) is 0.868. The van der Waals surface area contributed by atoms with Crippen LogP contribution in [-0.2, 0) is 11.2 Å². The molecule has 0 saturated heterocycles. The fraction of sp³-hybridized carbons (Fsp3) is 0.200. The van der Waals surface area contributed by atoms with Gasteiger partial charge in [0.2, 0.25) is 11.8 Å². The predicted molar refractivity (Wildman–Crippen MR) is 75.8 cm³/mol. The highest BCUT2D eigenvalue weighted by Gasteiger charge is 2.06. The topological polar surface area (TPSA) is 71.5 Å². The molecule has 20 heavy (non-hydrogen) atoms. The van der Waals surface area contributed by atoms with E-state index in [0.29, 0.717) is 18.3 Å². The lowest BCUT2D eigenvalue weighted by atomic mass is 10.1. The van der Waals surface area contributed by atoms with Crippen molar-refractivity contribution in [2.24, 2.45) is 0 Å². The Labute approximate surface area is 117 Å². The molecular weight excluding hydrogens is 256 g/mol. The molecule has 1 amide bonds. The highest BCUT2D eigenvalue weighted by atomic mass is 16.5. The average Bonchev–Trinajstić information content (AvgIpc) is 2.39. The number of carbonyl (C=O) groups is 1. The highest BCUT2D eigenvalue weighted by molar-refractivity contribution is 5.91. The molecule has 104 valence electrons. The summed E-state index contributed by atoms with van der Waals surface area (Å²) in [6.07, 6.45) is 0.176. The number of anilines is 1. The maximum absolute atomic E-state index is 11.9. The number of phenolic OH excluding ortho intramolecular Hbond substituents is 1. The largest absolute Gasteiger partial charge is 0.508 e. The van der Waals surface area contributed by atoms with E-state index in [1.165, 1.54) is 0 Å².